The smallest absolute Gasteiger partial charge is 0.171 e. The molecule has 66 valence electrons. The minimum Gasteiger partial charge on any atom is -0.394 e. The summed E-state index contributed by atoms with van der Waals surface area (Å²) in [5.74, 6) is -0.525. The number of aliphatic hydroxyl groups excluding tert-OH is 2. The van der Waals surface area contributed by atoms with E-state index in [1.54, 1.807) is 0 Å². The predicted molar refractivity (Wildman–Crippen MR) is 39.7 cm³/mol. The van der Waals surface area contributed by atoms with E-state index >= 15 is 0 Å². The number of carbonyl (C=O) groups excluding carboxylic acids is 1. The van der Waals surface area contributed by atoms with Crippen LogP contribution in [0.25, 0.3) is 0 Å². The summed E-state index contributed by atoms with van der Waals surface area (Å²) in [5.41, 5.74) is 10.4. The zero-order valence-electron chi connectivity index (χ0n) is 6.40. The van der Waals surface area contributed by atoms with Crippen molar-refractivity contribution in [1.29, 1.82) is 0 Å². The number of ketones is 1. The predicted octanol–water partition coefficient (Wildman–Crippen LogP) is -2.42. The van der Waals surface area contributed by atoms with Gasteiger partial charge in [-0.2, -0.15) is 0 Å². The fourth-order valence-corrected chi connectivity index (χ4v) is 0.575. The highest BCUT2D eigenvalue weighted by Crippen LogP contribution is 1.93. The van der Waals surface area contributed by atoms with E-state index in [0.29, 0.717) is 0 Å². The third-order valence-corrected chi connectivity index (χ3v) is 1.41. The van der Waals surface area contributed by atoms with E-state index in [9.17, 15) is 4.79 Å². The average Bonchev–Trinajstić information content (AvgIpc) is 2.00. The van der Waals surface area contributed by atoms with Crippen LogP contribution in [0.5, 0.6) is 0 Å². The molecule has 11 heavy (non-hydrogen) atoms. The Morgan fingerprint density at radius 2 is 2.00 bits per heavy atom. The zero-order chi connectivity index (χ0) is 9.02. The van der Waals surface area contributed by atoms with Crippen LogP contribution >= 0.6 is 0 Å². The summed E-state index contributed by atoms with van der Waals surface area (Å²) >= 11 is 0. The van der Waals surface area contributed by atoms with E-state index < -0.39 is 30.6 Å². The van der Waals surface area contributed by atoms with E-state index in [1.807, 2.05) is 0 Å². The van der Waals surface area contributed by atoms with Crippen molar-refractivity contribution in [2.45, 2.75) is 25.1 Å². The number of hydrogen-bond donors (Lipinski definition) is 4. The van der Waals surface area contributed by atoms with Crippen molar-refractivity contribution in [3.63, 3.8) is 0 Å². The molecule has 0 fully saturated rings. The minimum absolute atomic E-state index is 0.445. The van der Waals surface area contributed by atoms with Crippen molar-refractivity contribution in [2.24, 2.45) is 11.5 Å². The molecule has 0 saturated heterocycles. The van der Waals surface area contributed by atoms with Crippen LogP contribution in [-0.4, -0.2) is 40.8 Å². The lowest BCUT2D eigenvalue weighted by Gasteiger charge is -2.16. The second kappa shape index (κ2) is 4.40. The Labute approximate surface area is 65.0 Å². The van der Waals surface area contributed by atoms with E-state index in [-0.39, 0.29) is 0 Å². The van der Waals surface area contributed by atoms with Gasteiger partial charge in [0.15, 0.2) is 5.78 Å². The number of nitrogens with two attached hydrogens (primary N) is 2. The molecule has 0 spiro atoms. The Balaban J connectivity index is 4.02. The molecule has 0 aliphatic heterocycles. The Morgan fingerprint density at radius 3 is 2.27 bits per heavy atom. The van der Waals surface area contributed by atoms with Crippen LogP contribution in [0.1, 0.15) is 6.92 Å². The molecule has 0 unspecified atom stereocenters. The second-order valence-electron chi connectivity index (χ2n) is 2.46. The summed E-state index contributed by atoms with van der Waals surface area (Å²) in [6.07, 6.45) is -0.930. The van der Waals surface area contributed by atoms with Gasteiger partial charge in [0, 0.05) is 0 Å². The van der Waals surface area contributed by atoms with Gasteiger partial charge in [0.1, 0.15) is 0 Å². The molecular weight excluding hydrogens is 148 g/mol. The summed E-state index contributed by atoms with van der Waals surface area (Å²) in [6.45, 7) is 0.950. The lowest BCUT2D eigenvalue weighted by Crippen LogP contribution is -2.50. The molecule has 5 nitrogen and oxygen atoms in total. The van der Waals surface area contributed by atoms with Crippen LogP contribution in [0.4, 0.5) is 0 Å². The highest BCUT2D eigenvalue weighted by molar-refractivity contribution is 5.89. The Bertz CT molecular complexity index is 138. The van der Waals surface area contributed by atoms with E-state index in [2.05, 4.69) is 0 Å². The number of rotatable bonds is 4. The largest absolute Gasteiger partial charge is 0.394 e. The van der Waals surface area contributed by atoms with Gasteiger partial charge in [-0.1, -0.05) is 0 Å². The van der Waals surface area contributed by atoms with Crippen molar-refractivity contribution in [3.8, 4) is 0 Å². The van der Waals surface area contributed by atoms with Gasteiger partial charge < -0.3 is 21.7 Å². The van der Waals surface area contributed by atoms with Crippen LogP contribution in [0, 0.1) is 0 Å². The maximum atomic E-state index is 10.9. The molecule has 0 aromatic carbocycles. The number of Topliss-reactive ketones (excluding diaryl/α,β-unsaturated/α-hetero) is 1. The summed E-state index contributed by atoms with van der Waals surface area (Å²) in [4.78, 5) is 10.9. The molecule has 0 aromatic heterocycles. The molecule has 0 aromatic rings. The first kappa shape index (κ1) is 10.5. The quantitative estimate of drug-likeness (QED) is 0.368. The Morgan fingerprint density at radius 1 is 1.55 bits per heavy atom. The molecule has 3 atom stereocenters. The third kappa shape index (κ3) is 2.94. The molecule has 0 rings (SSSR count). The van der Waals surface area contributed by atoms with Crippen molar-refractivity contribution in [2.75, 3.05) is 6.61 Å². The van der Waals surface area contributed by atoms with Gasteiger partial charge in [0.25, 0.3) is 0 Å². The second-order valence-corrected chi connectivity index (χ2v) is 2.46. The summed E-state index contributed by atoms with van der Waals surface area (Å²) in [5, 5.41) is 17.3. The van der Waals surface area contributed by atoms with Crippen LogP contribution in [0.2, 0.25) is 0 Å². The van der Waals surface area contributed by atoms with E-state index in [1.165, 1.54) is 6.92 Å². The lowest BCUT2D eigenvalue weighted by molar-refractivity contribution is -0.124. The van der Waals surface area contributed by atoms with Gasteiger partial charge in [0.2, 0.25) is 0 Å². The molecule has 0 amide bonds. The Kier molecular flexibility index (Phi) is 4.20. The topological polar surface area (TPSA) is 110 Å². The van der Waals surface area contributed by atoms with E-state index in [0.717, 1.165) is 0 Å². The Hall–Kier alpha value is -0.490. The van der Waals surface area contributed by atoms with Crippen molar-refractivity contribution in [3.05, 3.63) is 0 Å². The molecule has 0 bridgehead atoms. The van der Waals surface area contributed by atoms with Crippen LogP contribution in [0.3, 0.4) is 0 Å². The first-order chi connectivity index (χ1) is 5.00. The molecule has 0 saturated carbocycles. The van der Waals surface area contributed by atoms with Gasteiger partial charge in [-0.3, -0.25) is 4.79 Å². The van der Waals surface area contributed by atoms with Crippen LogP contribution in [0.15, 0.2) is 0 Å². The maximum absolute atomic E-state index is 10.9. The van der Waals surface area contributed by atoms with Crippen molar-refractivity contribution >= 4 is 5.78 Å². The first-order valence-corrected chi connectivity index (χ1v) is 3.34. The van der Waals surface area contributed by atoms with Gasteiger partial charge in [-0.15, -0.1) is 0 Å². The van der Waals surface area contributed by atoms with Gasteiger partial charge in [-0.25, -0.2) is 0 Å². The monoisotopic (exact) mass is 162 g/mol. The summed E-state index contributed by atoms with van der Waals surface area (Å²) < 4.78 is 0. The normalized spacial score (nSPS) is 19.0. The third-order valence-electron chi connectivity index (χ3n) is 1.41. The molecule has 6 N–H and O–H groups in total. The fourth-order valence-electron chi connectivity index (χ4n) is 0.575. The molecule has 0 aliphatic carbocycles. The van der Waals surface area contributed by atoms with Gasteiger partial charge in [0.05, 0.1) is 24.8 Å². The molecule has 0 radical (unpaired) electrons. The highest BCUT2D eigenvalue weighted by atomic mass is 16.3. The highest BCUT2D eigenvalue weighted by Gasteiger charge is 2.23. The summed E-state index contributed by atoms with van der Waals surface area (Å²) in [7, 11) is 0. The standard InChI is InChI=1S/C6H14N2O3/c1-3(10)5(8)6(11)4(7)2-9/h3-5,9-10H,2,7-8H2,1H3/t3-,4+,5-/m1/s1. The molecule has 0 heterocycles. The molecule has 0 aliphatic rings. The molecule has 5 heteroatoms. The molecular formula is C6H14N2O3. The zero-order valence-corrected chi connectivity index (χ0v) is 6.40. The first-order valence-electron chi connectivity index (χ1n) is 3.34. The maximum Gasteiger partial charge on any atom is 0.171 e. The van der Waals surface area contributed by atoms with Crippen molar-refractivity contribution < 1.29 is 15.0 Å². The SMILES string of the molecule is C[C@@H](O)[C@@H](N)C(=O)[C@@H](N)CO. The van der Waals surface area contributed by atoms with Crippen LogP contribution in [-0.2, 0) is 4.79 Å². The summed E-state index contributed by atoms with van der Waals surface area (Å²) in [6, 6.07) is -1.99. The lowest BCUT2D eigenvalue weighted by atomic mass is 10.0. The van der Waals surface area contributed by atoms with Gasteiger partial charge >= 0.3 is 0 Å². The minimum atomic E-state index is -1.00. The average molecular weight is 162 g/mol. The van der Waals surface area contributed by atoms with E-state index in [4.69, 9.17) is 21.7 Å². The number of hydrogen-bond acceptors (Lipinski definition) is 5. The fraction of sp³-hybridized carbons (Fsp3) is 0.833. The number of aliphatic hydroxyl groups is 2. The van der Waals surface area contributed by atoms with Crippen LogP contribution < -0.4 is 11.5 Å². The van der Waals surface area contributed by atoms with Crippen molar-refractivity contribution in [1.82, 2.24) is 0 Å². The number of carbonyl (C=O) groups is 1. The van der Waals surface area contributed by atoms with Gasteiger partial charge in [-0.05, 0) is 6.92 Å².